The molecule has 2 aromatic rings. The first-order valence-corrected chi connectivity index (χ1v) is 5.11. The van der Waals surface area contributed by atoms with Gasteiger partial charge in [-0.25, -0.2) is 4.98 Å². The number of hydrogen-bond acceptors (Lipinski definition) is 4. The van der Waals surface area contributed by atoms with E-state index in [1.807, 2.05) is 0 Å². The highest BCUT2D eigenvalue weighted by atomic mass is 35.5. The van der Waals surface area contributed by atoms with E-state index in [4.69, 9.17) is 22.1 Å². The number of aromatic nitrogens is 2. The van der Waals surface area contributed by atoms with Crippen LogP contribution in [0.3, 0.4) is 0 Å². The summed E-state index contributed by atoms with van der Waals surface area (Å²) in [6.07, 6.45) is 3.28. The van der Waals surface area contributed by atoms with Crippen molar-refractivity contribution in [2.24, 2.45) is 5.73 Å². The average molecular weight is 236 g/mol. The van der Waals surface area contributed by atoms with Crippen molar-refractivity contribution in [3.63, 3.8) is 0 Å². The minimum Gasteiger partial charge on any atom is -0.437 e. The molecule has 0 aliphatic heterocycles. The summed E-state index contributed by atoms with van der Waals surface area (Å²) in [5, 5.41) is 0.543. The highest BCUT2D eigenvalue weighted by Crippen LogP contribution is 2.21. The molecular formula is C11H10ClN3O. The van der Waals surface area contributed by atoms with Gasteiger partial charge in [0.1, 0.15) is 5.75 Å². The van der Waals surface area contributed by atoms with Crippen LogP contribution in [0.4, 0.5) is 0 Å². The molecule has 0 fully saturated rings. The van der Waals surface area contributed by atoms with Crippen LogP contribution in [-0.2, 0) is 6.54 Å². The van der Waals surface area contributed by atoms with Crippen LogP contribution in [0.1, 0.15) is 5.69 Å². The fourth-order valence-electron chi connectivity index (χ4n) is 1.19. The summed E-state index contributed by atoms with van der Waals surface area (Å²) in [4.78, 5) is 8.12. The molecule has 0 saturated heterocycles. The number of halogens is 1. The van der Waals surface area contributed by atoms with Crippen LogP contribution >= 0.6 is 11.6 Å². The number of nitrogens with zero attached hydrogens (tertiary/aromatic N) is 2. The minimum atomic E-state index is 0.281. The van der Waals surface area contributed by atoms with Gasteiger partial charge in [0.15, 0.2) is 0 Å². The first-order valence-electron chi connectivity index (χ1n) is 4.73. The Bertz CT molecular complexity index is 476. The van der Waals surface area contributed by atoms with E-state index in [0.29, 0.717) is 22.3 Å². The van der Waals surface area contributed by atoms with E-state index in [2.05, 4.69) is 9.97 Å². The fourth-order valence-corrected chi connectivity index (χ4v) is 1.37. The highest BCUT2D eigenvalue weighted by Gasteiger charge is 2.03. The molecule has 0 spiro atoms. The van der Waals surface area contributed by atoms with Crippen molar-refractivity contribution in [2.75, 3.05) is 0 Å². The van der Waals surface area contributed by atoms with E-state index in [-0.39, 0.29) is 6.54 Å². The van der Waals surface area contributed by atoms with Crippen LogP contribution < -0.4 is 10.5 Å². The van der Waals surface area contributed by atoms with Gasteiger partial charge in [-0.15, -0.1) is 0 Å². The van der Waals surface area contributed by atoms with Gasteiger partial charge in [-0.05, 0) is 18.2 Å². The topological polar surface area (TPSA) is 61.0 Å². The van der Waals surface area contributed by atoms with E-state index < -0.39 is 0 Å². The predicted molar refractivity (Wildman–Crippen MR) is 61.4 cm³/mol. The molecule has 0 atom stereocenters. The van der Waals surface area contributed by atoms with E-state index in [1.165, 1.54) is 0 Å². The van der Waals surface area contributed by atoms with Crippen LogP contribution in [0.25, 0.3) is 0 Å². The lowest BCUT2D eigenvalue weighted by Crippen LogP contribution is -2.01. The Morgan fingerprint density at radius 3 is 2.88 bits per heavy atom. The Hall–Kier alpha value is -1.65. The molecule has 16 heavy (non-hydrogen) atoms. The zero-order chi connectivity index (χ0) is 11.4. The summed E-state index contributed by atoms with van der Waals surface area (Å²) in [6, 6.07) is 6.98. The molecule has 0 amide bonds. The van der Waals surface area contributed by atoms with Crippen molar-refractivity contribution in [1.29, 1.82) is 0 Å². The Morgan fingerprint density at radius 2 is 2.19 bits per heavy atom. The van der Waals surface area contributed by atoms with Gasteiger partial charge in [-0.3, -0.25) is 4.98 Å². The van der Waals surface area contributed by atoms with Gasteiger partial charge in [-0.1, -0.05) is 11.6 Å². The number of nitrogens with two attached hydrogens (primary N) is 1. The van der Waals surface area contributed by atoms with Gasteiger partial charge < -0.3 is 10.5 Å². The van der Waals surface area contributed by atoms with E-state index in [9.17, 15) is 0 Å². The Kier molecular flexibility index (Phi) is 3.34. The lowest BCUT2D eigenvalue weighted by atomic mass is 10.3. The zero-order valence-electron chi connectivity index (χ0n) is 8.43. The smallest absolute Gasteiger partial charge is 0.219 e. The summed E-state index contributed by atoms with van der Waals surface area (Å²) in [5.74, 6) is 1.08. The predicted octanol–water partition coefficient (Wildman–Crippen LogP) is 2.38. The van der Waals surface area contributed by atoms with Crippen LogP contribution in [0, 0.1) is 0 Å². The second-order valence-electron chi connectivity index (χ2n) is 3.07. The lowest BCUT2D eigenvalue weighted by Gasteiger charge is -2.06. The fraction of sp³-hybridized carbons (Fsp3) is 0.0909. The van der Waals surface area contributed by atoms with E-state index in [0.717, 1.165) is 0 Å². The van der Waals surface area contributed by atoms with Crippen LogP contribution in [0.5, 0.6) is 11.6 Å². The van der Waals surface area contributed by atoms with Crippen LogP contribution in [0.2, 0.25) is 5.02 Å². The summed E-state index contributed by atoms with van der Waals surface area (Å²) in [6.45, 7) is 0.281. The van der Waals surface area contributed by atoms with E-state index in [1.54, 1.807) is 36.7 Å². The molecule has 0 radical (unpaired) electrons. The largest absolute Gasteiger partial charge is 0.437 e. The number of pyridine rings is 2. The van der Waals surface area contributed by atoms with Crippen molar-refractivity contribution in [3.8, 4) is 11.6 Å². The quantitative estimate of drug-likeness (QED) is 0.887. The second kappa shape index (κ2) is 4.92. The highest BCUT2D eigenvalue weighted by molar-refractivity contribution is 6.31. The molecular weight excluding hydrogens is 226 g/mol. The SMILES string of the molecule is NCc1nc(Oc2cccnc2)ccc1Cl. The number of ether oxygens (including phenoxy) is 1. The van der Waals surface area contributed by atoms with Crippen LogP contribution in [0.15, 0.2) is 36.7 Å². The molecule has 2 rings (SSSR count). The first-order chi connectivity index (χ1) is 7.79. The molecule has 82 valence electrons. The maximum absolute atomic E-state index is 5.89. The van der Waals surface area contributed by atoms with Gasteiger partial charge in [0.25, 0.3) is 0 Å². The molecule has 0 aromatic carbocycles. The Balaban J connectivity index is 2.22. The van der Waals surface area contributed by atoms with Crippen molar-refractivity contribution in [2.45, 2.75) is 6.54 Å². The molecule has 0 bridgehead atoms. The molecule has 2 N–H and O–H groups in total. The van der Waals surface area contributed by atoms with Crippen molar-refractivity contribution in [1.82, 2.24) is 9.97 Å². The summed E-state index contributed by atoms with van der Waals surface area (Å²) in [7, 11) is 0. The van der Waals surface area contributed by atoms with Gasteiger partial charge in [0.2, 0.25) is 5.88 Å². The average Bonchev–Trinajstić information content (AvgIpc) is 2.33. The molecule has 0 aliphatic rings. The molecule has 5 heteroatoms. The molecule has 2 aromatic heterocycles. The third-order valence-electron chi connectivity index (χ3n) is 1.94. The number of hydrogen-bond donors (Lipinski definition) is 1. The third kappa shape index (κ3) is 2.48. The van der Waals surface area contributed by atoms with Crippen molar-refractivity contribution < 1.29 is 4.74 Å². The zero-order valence-corrected chi connectivity index (χ0v) is 9.19. The maximum atomic E-state index is 5.89. The Morgan fingerprint density at radius 1 is 1.31 bits per heavy atom. The van der Waals surface area contributed by atoms with Gasteiger partial charge >= 0.3 is 0 Å². The normalized spacial score (nSPS) is 10.1. The van der Waals surface area contributed by atoms with Crippen LogP contribution in [-0.4, -0.2) is 9.97 Å². The minimum absolute atomic E-state index is 0.281. The molecule has 4 nitrogen and oxygen atoms in total. The molecule has 0 unspecified atom stereocenters. The van der Waals surface area contributed by atoms with Crippen molar-refractivity contribution >= 4 is 11.6 Å². The molecule has 0 aliphatic carbocycles. The van der Waals surface area contributed by atoms with E-state index >= 15 is 0 Å². The van der Waals surface area contributed by atoms with Crippen molar-refractivity contribution in [3.05, 3.63) is 47.4 Å². The van der Waals surface area contributed by atoms with Gasteiger partial charge in [0.05, 0.1) is 16.9 Å². The summed E-state index contributed by atoms with van der Waals surface area (Å²) >= 11 is 5.89. The van der Waals surface area contributed by atoms with Gasteiger partial charge in [0, 0.05) is 18.8 Å². The maximum Gasteiger partial charge on any atom is 0.219 e. The monoisotopic (exact) mass is 235 g/mol. The summed E-state index contributed by atoms with van der Waals surface area (Å²) in [5.41, 5.74) is 6.11. The van der Waals surface area contributed by atoms with Gasteiger partial charge in [-0.2, -0.15) is 0 Å². The second-order valence-corrected chi connectivity index (χ2v) is 3.48. The molecule has 2 heterocycles. The number of rotatable bonds is 3. The first kappa shape index (κ1) is 10.9. The third-order valence-corrected chi connectivity index (χ3v) is 2.29. The molecule has 0 saturated carbocycles. The Labute approximate surface area is 98.0 Å². The lowest BCUT2D eigenvalue weighted by molar-refractivity contribution is 0.458. The summed E-state index contributed by atoms with van der Waals surface area (Å²) < 4.78 is 5.49. The standard InChI is InChI=1S/C11H10ClN3O/c12-9-3-4-11(15-10(9)6-13)16-8-2-1-5-14-7-8/h1-5,7H,6,13H2.